The Bertz CT molecular complexity index is 584. The van der Waals surface area contributed by atoms with Gasteiger partial charge >= 0.3 is 0 Å². The van der Waals surface area contributed by atoms with Crippen molar-refractivity contribution in [2.75, 3.05) is 18.0 Å². The third kappa shape index (κ3) is 4.49. The van der Waals surface area contributed by atoms with Gasteiger partial charge < -0.3 is 10.2 Å². The summed E-state index contributed by atoms with van der Waals surface area (Å²) in [6.07, 6.45) is 1.89. The van der Waals surface area contributed by atoms with Gasteiger partial charge in [0, 0.05) is 47.3 Å². The first-order chi connectivity index (χ1) is 10.1. The molecule has 0 radical (unpaired) electrons. The zero-order valence-electron chi connectivity index (χ0n) is 12.2. The summed E-state index contributed by atoms with van der Waals surface area (Å²) in [4.78, 5) is 7.82. The Labute approximate surface area is 137 Å². The quantitative estimate of drug-likeness (QED) is 0.790. The van der Waals surface area contributed by atoms with Gasteiger partial charge in [0.15, 0.2) is 5.13 Å². The molecule has 0 atom stereocenters. The maximum Gasteiger partial charge on any atom is 0.185 e. The summed E-state index contributed by atoms with van der Waals surface area (Å²) in [6.45, 7) is 7.37. The molecule has 0 unspecified atom stereocenters. The second kappa shape index (κ2) is 7.87. The Balaban J connectivity index is 1.90. The minimum atomic E-state index is -0.182. The summed E-state index contributed by atoms with van der Waals surface area (Å²) in [5.74, 6) is -0.182. The third-order valence-corrected chi connectivity index (χ3v) is 4.75. The number of halogens is 2. The minimum absolute atomic E-state index is 0.182. The molecule has 0 saturated carbocycles. The number of thiazole rings is 1. The van der Waals surface area contributed by atoms with Gasteiger partial charge in [0.25, 0.3) is 0 Å². The molecule has 1 aromatic carbocycles. The van der Waals surface area contributed by atoms with Gasteiger partial charge in [-0.2, -0.15) is 0 Å². The van der Waals surface area contributed by atoms with Crippen molar-refractivity contribution in [3.8, 4) is 0 Å². The molecule has 0 spiro atoms. The molecule has 0 aliphatic heterocycles. The first kappa shape index (κ1) is 16.4. The average Bonchev–Trinajstić information content (AvgIpc) is 2.93. The van der Waals surface area contributed by atoms with Gasteiger partial charge in [-0.1, -0.05) is 15.9 Å². The van der Waals surface area contributed by atoms with Crippen molar-refractivity contribution in [3.05, 3.63) is 45.1 Å². The van der Waals surface area contributed by atoms with Crippen LogP contribution < -0.4 is 10.2 Å². The molecule has 0 bridgehead atoms. The summed E-state index contributed by atoms with van der Waals surface area (Å²) in [6, 6.07) is 4.99. The summed E-state index contributed by atoms with van der Waals surface area (Å²) < 4.78 is 14.5. The van der Waals surface area contributed by atoms with Gasteiger partial charge in [-0.25, -0.2) is 9.37 Å². The van der Waals surface area contributed by atoms with E-state index in [-0.39, 0.29) is 5.82 Å². The number of hydrogen-bond acceptors (Lipinski definition) is 4. The molecule has 0 aliphatic carbocycles. The van der Waals surface area contributed by atoms with Crippen LogP contribution in [-0.2, 0) is 13.1 Å². The van der Waals surface area contributed by atoms with Crippen molar-refractivity contribution in [3.63, 3.8) is 0 Å². The molecule has 2 rings (SSSR count). The molecule has 3 nitrogen and oxygen atoms in total. The number of anilines is 1. The van der Waals surface area contributed by atoms with E-state index in [4.69, 9.17) is 0 Å². The molecule has 0 aliphatic rings. The van der Waals surface area contributed by atoms with Crippen LogP contribution in [-0.4, -0.2) is 18.1 Å². The molecule has 0 amide bonds. The molecule has 2 aromatic rings. The average molecular weight is 372 g/mol. The number of benzene rings is 1. The molecule has 114 valence electrons. The lowest BCUT2D eigenvalue weighted by Gasteiger charge is -2.16. The van der Waals surface area contributed by atoms with E-state index in [1.54, 1.807) is 23.5 Å². The lowest BCUT2D eigenvalue weighted by molar-refractivity contribution is 0.588. The van der Waals surface area contributed by atoms with Crippen LogP contribution in [0.4, 0.5) is 9.52 Å². The monoisotopic (exact) mass is 371 g/mol. The van der Waals surface area contributed by atoms with Gasteiger partial charge in [-0.15, -0.1) is 11.3 Å². The summed E-state index contributed by atoms with van der Waals surface area (Å²) in [5.41, 5.74) is 0.665. The number of aromatic nitrogens is 1. The molecule has 1 heterocycles. The van der Waals surface area contributed by atoms with Crippen LogP contribution in [0.15, 0.2) is 28.9 Å². The number of rotatable bonds is 7. The van der Waals surface area contributed by atoms with E-state index in [0.29, 0.717) is 18.7 Å². The first-order valence-electron chi connectivity index (χ1n) is 6.98. The Kier molecular flexibility index (Phi) is 6.14. The first-order valence-corrected chi connectivity index (χ1v) is 8.59. The highest BCUT2D eigenvalue weighted by Crippen LogP contribution is 2.22. The third-order valence-electron chi connectivity index (χ3n) is 3.20. The molecule has 1 N–H and O–H groups in total. The standard InChI is InChI=1S/C15H19BrFN3S/c1-3-20(4-2)15-19-10-13(21-15)9-18-8-11-7-12(16)5-6-14(11)17/h5-7,10,18H,3-4,8-9H2,1-2H3. The zero-order valence-corrected chi connectivity index (χ0v) is 14.6. The van der Waals surface area contributed by atoms with Gasteiger partial charge in [-0.3, -0.25) is 0 Å². The summed E-state index contributed by atoms with van der Waals surface area (Å²) in [5, 5.41) is 4.31. The predicted octanol–water partition coefficient (Wildman–Crippen LogP) is 4.18. The maximum atomic E-state index is 13.6. The molecule has 6 heteroatoms. The zero-order chi connectivity index (χ0) is 15.2. The van der Waals surface area contributed by atoms with E-state index >= 15 is 0 Å². The van der Waals surface area contributed by atoms with E-state index in [9.17, 15) is 4.39 Å². The van der Waals surface area contributed by atoms with Crippen molar-refractivity contribution in [1.29, 1.82) is 0 Å². The van der Waals surface area contributed by atoms with Gasteiger partial charge in [-0.05, 0) is 32.0 Å². The predicted molar refractivity (Wildman–Crippen MR) is 90.3 cm³/mol. The van der Waals surface area contributed by atoms with Crippen LogP contribution in [0.3, 0.4) is 0 Å². The second-order valence-corrected chi connectivity index (χ2v) is 6.63. The Morgan fingerprint density at radius 1 is 1.29 bits per heavy atom. The van der Waals surface area contributed by atoms with Gasteiger partial charge in [0.1, 0.15) is 5.82 Å². The topological polar surface area (TPSA) is 28.2 Å². The van der Waals surface area contributed by atoms with Crippen molar-refractivity contribution >= 4 is 32.4 Å². The van der Waals surface area contributed by atoms with Crippen LogP contribution in [0.5, 0.6) is 0 Å². The summed E-state index contributed by atoms with van der Waals surface area (Å²) >= 11 is 5.04. The van der Waals surface area contributed by atoms with Crippen molar-refractivity contribution in [2.45, 2.75) is 26.9 Å². The maximum absolute atomic E-state index is 13.6. The van der Waals surface area contributed by atoms with E-state index in [0.717, 1.165) is 27.6 Å². The molecular formula is C15H19BrFN3S. The highest BCUT2D eigenvalue weighted by molar-refractivity contribution is 9.10. The van der Waals surface area contributed by atoms with E-state index in [2.05, 4.69) is 45.0 Å². The highest BCUT2D eigenvalue weighted by atomic mass is 79.9. The fourth-order valence-electron chi connectivity index (χ4n) is 2.02. The number of nitrogens with zero attached hydrogens (tertiary/aromatic N) is 2. The molecule has 21 heavy (non-hydrogen) atoms. The normalized spacial score (nSPS) is 10.9. The molecule has 1 aromatic heterocycles. The SMILES string of the molecule is CCN(CC)c1ncc(CNCc2cc(Br)ccc2F)s1. The largest absolute Gasteiger partial charge is 0.349 e. The molecular weight excluding hydrogens is 353 g/mol. The Morgan fingerprint density at radius 3 is 2.76 bits per heavy atom. The van der Waals surface area contributed by atoms with Gasteiger partial charge in [0.2, 0.25) is 0 Å². The van der Waals surface area contributed by atoms with Crippen molar-refractivity contribution < 1.29 is 4.39 Å². The fourth-order valence-corrected chi connectivity index (χ4v) is 3.43. The fraction of sp³-hybridized carbons (Fsp3) is 0.400. The van der Waals surface area contributed by atoms with Crippen molar-refractivity contribution in [2.24, 2.45) is 0 Å². The minimum Gasteiger partial charge on any atom is -0.349 e. The van der Waals surface area contributed by atoms with E-state index in [1.807, 2.05) is 6.20 Å². The Hall–Kier alpha value is -0.980. The second-order valence-electron chi connectivity index (χ2n) is 4.62. The lowest BCUT2D eigenvalue weighted by Crippen LogP contribution is -2.21. The number of hydrogen-bond donors (Lipinski definition) is 1. The van der Waals surface area contributed by atoms with Crippen LogP contribution in [0.25, 0.3) is 0 Å². The molecule has 0 saturated heterocycles. The lowest BCUT2D eigenvalue weighted by atomic mass is 10.2. The van der Waals surface area contributed by atoms with Crippen LogP contribution in [0, 0.1) is 5.82 Å². The smallest absolute Gasteiger partial charge is 0.185 e. The van der Waals surface area contributed by atoms with Crippen LogP contribution in [0.1, 0.15) is 24.3 Å². The molecule has 0 fully saturated rings. The van der Waals surface area contributed by atoms with E-state index < -0.39 is 0 Å². The van der Waals surface area contributed by atoms with Crippen LogP contribution >= 0.6 is 27.3 Å². The van der Waals surface area contributed by atoms with Crippen molar-refractivity contribution in [1.82, 2.24) is 10.3 Å². The van der Waals surface area contributed by atoms with E-state index in [1.165, 1.54) is 6.07 Å². The number of nitrogens with one attached hydrogen (secondary N) is 1. The van der Waals surface area contributed by atoms with Gasteiger partial charge in [0.05, 0.1) is 0 Å². The highest BCUT2D eigenvalue weighted by Gasteiger charge is 2.08. The van der Waals surface area contributed by atoms with Crippen LogP contribution in [0.2, 0.25) is 0 Å². The Morgan fingerprint density at radius 2 is 2.05 bits per heavy atom. The summed E-state index contributed by atoms with van der Waals surface area (Å²) in [7, 11) is 0.